The van der Waals surface area contributed by atoms with Crippen molar-refractivity contribution in [1.29, 1.82) is 0 Å². The molecule has 0 saturated heterocycles. The van der Waals surface area contributed by atoms with Gasteiger partial charge in [0.2, 0.25) is 0 Å². The van der Waals surface area contributed by atoms with Gasteiger partial charge >= 0.3 is 33.9 Å². The van der Waals surface area contributed by atoms with Crippen molar-refractivity contribution in [2.45, 2.75) is 26.1 Å². The van der Waals surface area contributed by atoms with Gasteiger partial charge in [-0.1, -0.05) is 0 Å². The van der Waals surface area contributed by atoms with Crippen molar-refractivity contribution in [2.24, 2.45) is 0 Å². The molecule has 0 rings (SSSR count). The van der Waals surface area contributed by atoms with Crippen LogP contribution < -0.4 is 24.8 Å². The fourth-order valence-corrected chi connectivity index (χ4v) is 0.204. The predicted molar refractivity (Wildman–Crippen MR) is 25.5 cm³/mol. The Kier molecular flexibility index (Phi) is 35.6. The Labute approximate surface area is 59.3 Å². The molecular weight excluding hydrogens is 130 g/mol. The Morgan fingerprint density at radius 1 is 1.29 bits per heavy atom. The minimum Gasteiger partial charge on any atom is -1.00 e. The summed E-state index contributed by atoms with van der Waals surface area (Å²) in [5.41, 5.74) is 0. The molecule has 0 aliphatic rings. The van der Waals surface area contributed by atoms with E-state index in [0.717, 1.165) is 6.32 Å². The van der Waals surface area contributed by atoms with Crippen molar-refractivity contribution < 1.29 is 24.8 Å². The van der Waals surface area contributed by atoms with Gasteiger partial charge in [0.25, 0.3) is 0 Å². The van der Waals surface area contributed by atoms with Gasteiger partial charge in [-0.3, -0.25) is 0 Å². The average molecular weight is 139 g/mol. The third kappa shape index (κ3) is 20.5. The Bertz CT molecular complexity index is 17.2. The third-order valence-corrected chi connectivity index (χ3v) is 0.558. The minimum atomic E-state index is 0. The van der Waals surface area contributed by atoms with E-state index in [-0.39, 0.29) is 24.8 Å². The summed E-state index contributed by atoms with van der Waals surface area (Å²) in [5.74, 6) is 0. The summed E-state index contributed by atoms with van der Waals surface area (Å²) >= 11 is 0. The Morgan fingerprint density at radius 2 is 1.71 bits per heavy atom. The van der Waals surface area contributed by atoms with Crippen molar-refractivity contribution >= 4 is 7.85 Å². The second kappa shape index (κ2) is 15.9. The number of hydrogen-bond acceptors (Lipinski definition) is 0. The van der Waals surface area contributed by atoms with Crippen LogP contribution in [0.3, 0.4) is 0 Å². The van der Waals surface area contributed by atoms with Gasteiger partial charge in [-0.2, -0.15) is 0 Å². The molecule has 0 bridgehead atoms. The Hall–Kier alpha value is 0.645. The molecule has 0 aromatic rings. The van der Waals surface area contributed by atoms with Crippen LogP contribution in [0, 0.1) is 0 Å². The molecular formula is C4H9BCl2. The maximum absolute atomic E-state index is 5.14. The third-order valence-electron chi connectivity index (χ3n) is 0.558. The summed E-state index contributed by atoms with van der Waals surface area (Å²) in [4.78, 5) is 0. The van der Waals surface area contributed by atoms with E-state index in [4.69, 9.17) is 7.85 Å². The zero-order valence-electron chi connectivity index (χ0n) is 4.45. The molecule has 0 aromatic heterocycles. The summed E-state index contributed by atoms with van der Waals surface area (Å²) < 4.78 is 0. The largest absolute Gasteiger partial charge is 1.00 e. The van der Waals surface area contributed by atoms with Crippen LogP contribution >= 0.6 is 0 Å². The number of unbranched alkanes of at least 4 members (excludes halogenated alkanes) is 1. The van der Waals surface area contributed by atoms with E-state index < -0.39 is 0 Å². The van der Waals surface area contributed by atoms with Crippen LogP contribution in [0.25, 0.3) is 0 Å². The molecule has 7 heavy (non-hydrogen) atoms. The molecule has 0 amide bonds. The maximum atomic E-state index is 5.14. The van der Waals surface area contributed by atoms with E-state index in [9.17, 15) is 0 Å². The molecule has 0 radical (unpaired) electrons. The molecule has 0 aliphatic carbocycles. The quantitative estimate of drug-likeness (QED) is 0.337. The van der Waals surface area contributed by atoms with Crippen LogP contribution in [-0.4, -0.2) is 7.85 Å². The molecule has 0 fully saturated rings. The fourth-order valence-electron chi connectivity index (χ4n) is 0.204. The summed E-state index contributed by atoms with van der Waals surface area (Å²) in [5, 5.41) is 0. The van der Waals surface area contributed by atoms with Crippen molar-refractivity contribution in [2.75, 3.05) is 0 Å². The van der Waals surface area contributed by atoms with Crippen molar-refractivity contribution in [1.82, 2.24) is 0 Å². The molecule has 0 spiro atoms. The van der Waals surface area contributed by atoms with Gasteiger partial charge in [0.05, 0.1) is 0 Å². The molecule has 0 atom stereocenters. The van der Waals surface area contributed by atoms with Gasteiger partial charge in [0, 0.05) is 0 Å². The zero-order chi connectivity index (χ0) is 4.12. The zero-order valence-corrected chi connectivity index (χ0v) is 5.97. The molecule has 0 N–H and O–H groups in total. The first kappa shape index (κ1) is 15.6. The van der Waals surface area contributed by atoms with E-state index in [1.807, 2.05) is 0 Å². The van der Waals surface area contributed by atoms with Crippen LogP contribution in [0.15, 0.2) is 0 Å². The first-order valence-corrected chi connectivity index (χ1v) is 2.12. The SMILES string of the molecule is [B+2]CCCC.[Cl-].[Cl-]. The summed E-state index contributed by atoms with van der Waals surface area (Å²) in [6, 6.07) is 0. The standard InChI is InChI=1S/C4H9B.2ClH/c1-2-3-4-5;;/h2-4H2,1H3;2*1H/q+2;;/p-2. The molecule has 0 nitrogen and oxygen atoms in total. The van der Waals surface area contributed by atoms with Gasteiger partial charge in [-0.15, -0.1) is 0 Å². The van der Waals surface area contributed by atoms with Crippen molar-refractivity contribution in [3.05, 3.63) is 0 Å². The van der Waals surface area contributed by atoms with Crippen LogP contribution in [0.2, 0.25) is 6.32 Å². The first-order valence-electron chi connectivity index (χ1n) is 2.12. The Morgan fingerprint density at radius 3 is 1.71 bits per heavy atom. The van der Waals surface area contributed by atoms with E-state index in [2.05, 4.69) is 6.92 Å². The smallest absolute Gasteiger partial charge is 1.00 e. The number of rotatable bonds is 2. The van der Waals surface area contributed by atoms with Crippen LogP contribution in [0.5, 0.6) is 0 Å². The van der Waals surface area contributed by atoms with Gasteiger partial charge in [-0.05, 0) is 0 Å². The van der Waals surface area contributed by atoms with E-state index in [1.165, 1.54) is 12.8 Å². The van der Waals surface area contributed by atoms with E-state index in [1.54, 1.807) is 0 Å². The summed E-state index contributed by atoms with van der Waals surface area (Å²) in [6.07, 6.45) is 3.23. The first-order chi connectivity index (χ1) is 2.41. The molecule has 0 aromatic carbocycles. The van der Waals surface area contributed by atoms with Crippen LogP contribution in [0.1, 0.15) is 19.8 Å². The minimum absolute atomic E-state index is 0. The van der Waals surface area contributed by atoms with E-state index >= 15 is 0 Å². The van der Waals surface area contributed by atoms with Crippen LogP contribution in [-0.2, 0) is 0 Å². The molecule has 3 heteroatoms. The predicted octanol–water partition coefficient (Wildman–Crippen LogP) is -4.62. The van der Waals surface area contributed by atoms with Crippen molar-refractivity contribution in [3.63, 3.8) is 0 Å². The van der Waals surface area contributed by atoms with E-state index in [0.29, 0.717) is 0 Å². The summed E-state index contributed by atoms with van der Waals surface area (Å²) in [7, 11) is 5.14. The van der Waals surface area contributed by atoms with Gasteiger partial charge < -0.3 is 24.8 Å². The van der Waals surface area contributed by atoms with Gasteiger partial charge in [0.15, 0.2) is 0 Å². The molecule has 0 saturated carbocycles. The normalized spacial score (nSPS) is 6.14. The number of halogens is 2. The maximum Gasteiger partial charge on any atom is -1.00 e. The second-order valence-corrected chi connectivity index (χ2v) is 1.14. The van der Waals surface area contributed by atoms with Gasteiger partial charge in [-0.25, -0.2) is 0 Å². The van der Waals surface area contributed by atoms with Gasteiger partial charge in [0.1, 0.15) is 0 Å². The monoisotopic (exact) mass is 138 g/mol. The fraction of sp³-hybridized carbons (Fsp3) is 1.00. The number of hydrogen-bond donors (Lipinski definition) is 0. The van der Waals surface area contributed by atoms with Crippen molar-refractivity contribution in [3.8, 4) is 0 Å². The molecule has 0 unspecified atom stereocenters. The molecule has 0 aliphatic heterocycles. The summed E-state index contributed by atoms with van der Waals surface area (Å²) in [6.45, 7) is 2.13. The molecule has 42 valence electrons. The second-order valence-electron chi connectivity index (χ2n) is 1.14. The topological polar surface area (TPSA) is 0 Å². The molecule has 0 heterocycles. The average Bonchev–Trinajstić information content (AvgIpc) is 1.41. The van der Waals surface area contributed by atoms with Crippen LogP contribution in [0.4, 0.5) is 0 Å². The Balaban J connectivity index is -0.0000000800.